The molecule has 0 aliphatic heterocycles. The highest BCUT2D eigenvalue weighted by atomic mass is 35.5. The minimum atomic E-state index is -5.13. The minimum Gasteiger partial charge on any atom is -0.593 e. The molecule has 2 aliphatic carbocycles. The summed E-state index contributed by atoms with van der Waals surface area (Å²) in [5, 5.41) is 9.64. The number of rotatable bonds is 14. The number of benzene rings is 2. The van der Waals surface area contributed by atoms with Crippen LogP contribution in [0.5, 0.6) is 0 Å². The number of hydrogen-bond acceptors (Lipinski definition) is 8. The molecular weight excluding hydrogens is 864 g/mol. The molecule has 0 spiro atoms. The fraction of sp³-hybridized carbons (Fsp3) is 0.378. The van der Waals surface area contributed by atoms with Crippen LogP contribution in [0.15, 0.2) is 42.5 Å². The fourth-order valence-electron chi connectivity index (χ4n) is 7.65. The molecule has 2 aliphatic rings. The number of alkyl halides is 8. The van der Waals surface area contributed by atoms with Crippen LogP contribution in [0.3, 0.4) is 0 Å². The fourth-order valence-corrected chi connectivity index (χ4v) is 8.47. The van der Waals surface area contributed by atoms with Crippen molar-refractivity contribution in [3.63, 3.8) is 0 Å². The topological polar surface area (TPSA) is 130 Å². The maximum absolute atomic E-state index is 15.4. The Kier molecular flexibility index (Phi) is 11.3. The molecule has 4 atom stereocenters. The lowest BCUT2D eigenvalue weighted by Crippen LogP contribution is -2.35. The predicted octanol–water partition coefficient (Wildman–Crippen LogP) is 7.91. The smallest absolute Gasteiger partial charge is 0.435 e. The van der Waals surface area contributed by atoms with E-state index < -0.39 is 108 Å². The number of amides is 1. The van der Waals surface area contributed by atoms with E-state index in [0.717, 1.165) is 22.7 Å². The first kappa shape index (κ1) is 43.0. The zero-order valence-electron chi connectivity index (χ0n) is 31.0. The Morgan fingerprint density at radius 1 is 1.08 bits per heavy atom. The van der Waals surface area contributed by atoms with E-state index in [1.807, 2.05) is 0 Å². The summed E-state index contributed by atoms with van der Waals surface area (Å²) in [7, 11) is 0. The van der Waals surface area contributed by atoms with Gasteiger partial charge in [0.15, 0.2) is 5.69 Å². The van der Waals surface area contributed by atoms with Crippen molar-refractivity contribution < 1.29 is 62.8 Å². The first-order valence-electron chi connectivity index (χ1n) is 17.9. The number of carbonyl (C=O) groups excluding carboxylic acids is 2. The Hall–Kier alpha value is -5.09. The van der Waals surface area contributed by atoms with Gasteiger partial charge in [-0.15, -0.1) is 9.40 Å². The van der Waals surface area contributed by atoms with Crippen LogP contribution < -0.4 is 9.62 Å². The van der Waals surface area contributed by atoms with Gasteiger partial charge in [0.05, 0.1) is 39.0 Å². The van der Waals surface area contributed by atoms with E-state index in [1.165, 1.54) is 24.3 Å². The molecule has 1 amide bonds. The first-order chi connectivity index (χ1) is 28.1. The molecule has 60 heavy (non-hydrogen) atoms. The monoisotopic (exact) mass is 893 g/mol. The third-order valence-corrected chi connectivity index (χ3v) is 11.3. The molecule has 1 fully saturated rings. The van der Waals surface area contributed by atoms with Crippen molar-refractivity contribution in [1.82, 2.24) is 29.9 Å². The van der Waals surface area contributed by atoms with E-state index >= 15 is 8.78 Å². The summed E-state index contributed by atoms with van der Waals surface area (Å²) in [5.41, 5.74) is -3.56. The summed E-state index contributed by atoms with van der Waals surface area (Å²) < 4.78 is 164. The molecular formula is C37H30ClF10N7O4S. The van der Waals surface area contributed by atoms with Gasteiger partial charge in [-0.3, -0.25) is 23.9 Å². The first-order valence-corrected chi connectivity index (χ1v) is 19.7. The highest BCUT2D eigenvalue weighted by Crippen LogP contribution is 2.68. The van der Waals surface area contributed by atoms with Crippen molar-refractivity contribution in [2.75, 3.05) is 17.3 Å². The second kappa shape index (κ2) is 15.7. The molecule has 3 heterocycles. The number of carbonyl (C=O) groups is 2. The molecule has 23 heteroatoms. The molecule has 320 valence electrons. The van der Waals surface area contributed by atoms with Crippen molar-refractivity contribution in [2.24, 2.45) is 5.92 Å². The molecule has 2 unspecified atom stereocenters. The van der Waals surface area contributed by atoms with Crippen LogP contribution in [0.2, 0.25) is 5.02 Å². The summed E-state index contributed by atoms with van der Waals surface area (Å²) in [5.74, 6) is -9.87. The third-order valence-electron chi connectivity index (χ3n) is 10.1. The number of aromatic nitrogens is 5. The van der Waals surface area contributed by atoms with Gasteiger partial charge in [0.1, 0.15) is 36.7 Å². The van der Waals surface area contributed by atoms with Crippen LogP contribution in [0.4, 0.5) is 49.7 Å². The van der Waals surface area contributed by atoms with Gasteiger partial charge in [-0.05, 0) is 55.0 Å². The molecule has 1 saturated carbocycles. The van der Waals surface area contributed by atoms with Crippen molar-refractivity contribution in [2.45, 2.75) is 69.5 Å². The van der Waals surface area contributed by atoms with Crippen LogP contribution in [0, 0.1) is 17.6 Å². The van der Waals surface area contributed by atoms with Gasteiger partial charge in [-0.25, -0.2) is 8.78 Å². The lowest BCUT2D eigenvalue weighted by Gasteiger charge is -2.24. The number of nitrogens with zero attached hydrogens (tertiary/aromatic N) is 6. The molecule has 0 bridgehead atoms. The van der Waals surface area contributed by atoms with Gasteiger partial charge in [-0.1, -0.05) is 30.7 Å². The van der Waals surface area contributed by atoms with Crippen LogP contribution in [0.25, 0.3) is 22.0 Å². The Morgan fingerprint density at radius 3 is 2.38 bits per heavy atom. The average Bonchev–Trinajstić information content (AvgIpc) is 3.65. The number of halogens is 11. The second-order valence-corrected chi connectivity index (χ2v) is 15.8. The standard InChI is InChI=1S/C37H30ClF10N7O4S/c1-3-20-4-5-21(22-6-7-25(38)29-31(22)54(14-35(41,42)43)52-34(29)55(60(2)58)15-59-16-56)30(49-20)26(10-17-8-18(39)11-19(40)9-17)50-27(57)13-53-33-28(32(51-53)37(46,47)48)23-12-24(23)36(33,44)45/h4-9,11,16,23-24,26H,3,10,12-15H2,1-2H3,(H,50,57)/t23-,24+,26?,60?/m0/s1. The van der Waals surface area contributed by atoms with Crippen LogP contribution in [0.1, 0.15) is 59.2 Å². The van der Waals surface area contributed by atoms with Gasteiger partial charge in [0.25, 0.3) is 12.4 Å². The van der Waals surface area contributed by atoms with Gasteiger partial charge >= 0.3 is 12.4 Å². The van der Waals surface area contributed by atoms with Crippen molar-refractivity contribution in [3.8, 4) is 11.1 Å². The minimum absolute atomic E-state index is 0.00909. The molecule has 0 radical (unpaired) electrons. The van der Waals surface area contributed by atoms with Crippen molar-refractivity contribution in [1.29, 1.82) is 0 Å². The van der Waals surface area contributed by atoms with Gasteiger partial charge in [0, 0.05) is 34.4 Å². The average molecular weight is 894 g/mol. The number of fused-ring (bicyclic) bond motifs is 4. The van der Waals surface area contributed by atoms with Gasteiger partial charge < -0.3 is 14.6 Å². The number of pyridine rings is 1. The van der Waals surface area contributed by atoms with E-state index in [4.69, 9.17) is 16.3 Å². The van der Waals surface area contributed by atoms with E-state index in [0.29, 0.717) is 16.4 Å². The van der Waals surface area contributed by atoms with E-state index in [2.05, 4.69) is 20.5 Å². The number of ether oxygens (including phenoxy) is 1. The van der Waals surface area contributed by atoms with Gasteiger partial charge in [0.2, 0.25) is 18.5 Å². The molecule has 7 rings (SSSR count). The molecule has 2 aromatic carbocycles. The van der Waals surface area contributed by atoms with Crippen LogP contribution in [-0.2, 0) is 63.7 Å². The predicted molar refractivity (Wildman–Crippen MR) is 195 cm³/mol. The van der Waals surface area contributed by atoms with E-state index in [-0.39, 0.29) is 68.1 Å². The number of anilines is 1. The summed E-state index contributed by atoms with van der Waals surface area (Å²) in [4.78, 5) is 29.6. The summed E-state index contributed by atoms with van der Waals surface area (Å²) in [6, 6.07) is 6.39. The highest BCUT2D eigenvalue weighted by molar-refractivity contribution is 7.92. The Morgan fingerprint density at radius 2 is 1.77 bits per heavy atom. The molecule has 1 N–H and O–H groups in total. The zero-order valence-corrected chi connectivity index (χ0v) is 32.5. The highest BCUT2D eigenvalue weighted by Gasteiger charge is 2.68. The van der Waals surface area contributed by atoms with Crippen molar-refractivity contribution in [3.05, 3.63) is 93.0 Å². The number of aryl methyl sites for hydroxylation is 1. The lowest BCUT2D eigenvalue weighted by molar-refractivity contribution is -0.143. The Balaban J connectivity index is 1.39. The van der Waals surface area contributed by atoms with Crippen LogP contribution >= 0.6 is 11.6 Å². The summed E-state index contributed by atoms with van der Waals surface area (Å²) >= 11 is 4.52. The quantitative estimate of drug-likeness (QED) is 0.0516. The lowest BCUT2D eigenvalue weighted by atomic mass is 9.93. The Labute approximate surface area is 340 Å². The number of hydrogen-bond donors (Lipinski definition) is 1. The van der Waals surface area contributed by atoms with Gasteiger partial charge in [-0.2, -0.15) is 40.2 Å². The summed E-state index contributed by atoms with van der Waals surface area (Å²) in [6.07, 6.45) is -9.35. The Bertz CT molecular complexity index is 2470. The zero-order chi connectivity index (χ0) is 43.6. The van der Waals surface area contributed by atoms with Crippen LogP contribution in [-0.4, -0.2) is 60.6 Å². The maximum atomic E-state index is 15.4. The largest absolute Gasteiger partial charge is 0.593 e. The number of nitrogens with one attached hydrogen (secondary N) is 1. The molecule has 0 saturated heterocycles. The van der Waals surface area contributed by atoms with Crippen molar-refractivity contribution >= 4 is 52.1 Å². The van der Waals surface area contributed by atoms with E-state index in [9.17, 15) is 49.3 Å². The maximum Gasteiger partial charge on any atom is 0.435 e. The van der Waals surface area contributed by atoms with E-state index in [1.54, 1.807) is 6.92 Å². The SMILES string of the molecule is CCc1ccc(-c2ccc(Cl)c3c(N(COC=O)[S+](C)[O-])nn(CC(F)(F)F)c23)c(C(Cc2cc(F)cc(F)c2)NC(=O)Cn2nc(C(F)(F)F)c3c2C(F)(F)[C@@H]2C[C@H]32)n1. The normalized spacial score (nSPS) is 17.9. The molecule has 11 nitrogen and oxygen atoms in total. The summed E-state index contributed by atoms with van der Waals surface area (Å²) in [6.45, 7) is -1.91. The third kappa shape index (κ3) is 8.19. The second-order valence-electron chi connectivity index (χ2n) is 14.1. The molecule has 3 aromatic heterocycles. The molecule has 5 aromatic rings.